The molecule has 0 aliphatic rings. The van der Waals surface area contributed by atoms with Gasteiger partial charge in [-0.15, -0.1) is 0 Å². The van der Waals surface area contributed by atoms with Gasteiger partial charge in [-0.25, -0.2) is 8.78 Å². The van der Waals surface area contributed by atoms with Crippen LogP contribution in [0.4, 0.5) is 8.78 Å². The third-order valence-electron chi connectivity index (χ3n) is 2.97. The lowest BCUT2D eigenvalue weighted by atomic mass is 10.1. The number of aryl methyl sites for hydroxylation is 1. The van der Waals surface area contributed by atoms with Gasteiger partial charge in [-0.3, -0.25) is 0 Å². The molecule has 0 aromatic heterocycles. The van der Waals surface area contributed by atoms with E-state index in [-0.39, 0.29) is 6.10 Å². The molecule has 1 aromatic rings. The van der Waals surface area contributed by atoms with Gasteiger partial charge in [0.1, 0.15) is 0 Å². The molecule has 3 nitrogen and oxygen atoms in total. The highest BCUT2D eigenvalue weighted by molar-refractivity contribution is 6.60. The predicted molar refractivity (Wildman–Crippen MR) is 75.5 cm³/mol. The molecule has 0 aliphatic carbocycles. The van der Waals surface area contributed by atoms with Crippen molar-refractivity contribution < 1.29 is 22.1 Å². The molecule has 0 amide bonds. The second-order valence-electron chi connectivity index (χ2n) is 4.86. The Morgan fingerprint density at radius 2 is 1.75 bits per heavy atom. The summed E-state index contributed by atoms with van der Waals surface area (Å²) in [6.45, 7) is 3.85. The second kappa shape index (κ2) is 7.83. The van der Waals surface area contributed by atoms with E-state index < -0.39 is 20.4 Å². The molecule has 1 rings (SSSR count). The topological polar surface area (TPSA) is 27.7 Å². The van der Waals surface area contributed by atoms with Crippen molar-refractivity contribution >= 4 is 8.80 Å². The average Bonchev–Trinajstić information content (AvgIpc) is 2.41. The minimum Gasteiger partial charge on any atom is -0.377 e. The quantitative estimate of drug-likeness (QED) is 0.687. The Labute approximate surface area is 120 Å². The van der Waals surface area contributed by atoms with Gasteiger partial charge in [0.2, 0.25) is 0 Å². The Balaban J connectivity index is 2.57. The number of hydrogen-bond donors (Lipinski definition) is 0. The van der Waals surface area contributed by atoms with Crippen molar-refractivity contribution in [3.8, 4) is 0 Å². The molecule has 0 unspecified atom stereocenters. The SMILES string of the molecule is CO[Si](CCCc1ccc(F)c(F)c1)(OC)OC(C)C. The molecule has 0 atom stereocenters. The van der Waals surface area contributed by atoms with Gasteiger partial charge in [-0.2, -0.15) is 0 Å². The fourth-order valence-corrected chi connectivity index (χ4v) is 4.22. The van der Waals surface area contributed by atoms with Gasteiger partial charge in [-0.1, -0.05) is 6.07 Å². The van der Waals surface area contributed by atoms with Crippen molar-refractivity contribution in [2.45, 2.75) is 38.8 Å². The zero-order valence-electron chi connectivity index (χ0n) is 12.4. The van der Waals surface area contributed by atoms with E-state index in [1.165, 1.54) is 6.07 Å². The molecule has 1 aromatic carbocycles. The molecule has 0 fully saturated rings. The summed E-state index contributed by atoms with van der Waals surface area (Å²) in [7, 11) is 0.505. The molecular formula is C14H22F2O3Si. The van der Waals surface area contributed by atoms with Gasteiger partial charge in [0.05, 0.1) is 0 Å². The average molecular weight is 304 g/mol. The first-order valence-electron chi connectivity index (χ1n) is 6.64. The van der Waals surface area contributed by atoms with Crippen LogP contribution in [0, 0.1) is 11.6 Å². The fourth-order valence-electron chi connectivity index (χ4n) is 2.01. The lowest BCUT2D eigenvalue weighted by Crippen LogP contribution is -2.45. The molecule has 6 heteroatoms. The van der Waals surface area contributed by atoms with Crippen LogP contribution in [0.25, 0.3) is 0 Å². The molecule has 0 saturated heterocycles. The highest BCUT2D eigenvalue weighted by Gasteiger charge is 2.39. The first-order chi connectivity index (χ1) is 9.42. The maximum atomic E-state index is 13.1. The number of hydrogen-bond acceptors (Lipinski definition) is 3. The fraction of sp³-hybridized carbons (Fsp3) is 0.571. The summed E-state index contributed by atoms with van der Waals surface area (Å²) < 4.78 is 42.6. The van der Waals surface area contributed by atoms with Crippen LogP contribution in [0.15, 0.2) is 18.2 Å². The van der Waals surface area contributed by atoms with Crippen molar-refractivity contribution in [2.75, 3.05) is 14.2 Å². The molecule has 114 valence electrons. The van der Waals surface area contributed by atoms with Crippen molar-refractivity contribution in [1.29, 1.82) is 0 Å². The van der Waals surface area contributed by atoms with Crippen LogP contribution in [0.1, 0.15) is 25.8 Å². The molecule has 0 radical (unpaired) electrons. The first kappa shape index (κ1) is 17.2. The smallest absolute Gasteiger partial charge is 0.377 e. The molecule has 0 N–H and O–H groups in total. The third-order valence-corrected chi connectivity index (χ3v) is 6.01. The van der Waals surface area contributed by atoms with E-state index in [1.54, 1.807) is 20.3 Å². The summed E-state index contributed by atoms with van der Waals surface area (Å²) in [5, 5.41) is 0. The summed E-state index contributed by atoms with van der Waals surface area (Å²) in [5.41, 5.74) is 0.753. The van der Waals surface area contributed by atoms with E-state index in [2.05, 4.69) is 0 Å². The highest BCUT2D eigenvalue weighted by Crippen LogP contribution is 2.20. The molecule has 0 bridgehead atoms. The maximum absolute atomic E-state index is 13.1. The van der Waals surface area contributed by atoms with E-state index in [1.807, 2.05) is 13.8 Å². The largest absolute Gasteiger partial charge is 0.500 e. The number of rotatable bonds is 8. The van der Waals surface area contributed by atoms with Gasteiger partial charge in [0.25, 0.3) is 0 Å². The number of halogens is 2. The van der Waals surface area contributed by atoms with Crippen LogP contribution in [-0.4, -0.2) is 29.1 Å². The summed E-state index contributed by atoms with van der Waals surface area (Å²) in [6.07, 6.45) is 1.37. The molecule has 0 heterocycles. The summed E-state index contributed by atoms with van der Waals surface area (Å²) in [4.78, 5) is 0. The summed E-state index contributed by atoms with van der Waals surface area (Å²) >= 11 is 0. The van der Waals surface area contributed by atoms with E-state index in [0.717, 1.165) is 18.1 Å². The molecule has 20 heavy (non-hydrogen) atoms. The Hall–Kier alpha value is -0.823. The molecule has 0 aliphatic heterocycles. The van der Waals surface area contributed by atoms with E-state index in [0.29, 0.717) is 12.5 Å². The third kappa shape index (κ3) is 4.94. The van der Waals surface area contributed by atoms with Crippen LogP contribution in [-0.2, 0) is 19.7 Å². The van der Waals surface area contributed by atoms with Gasteiger partial charge >= 0.3 is 8.80 Å². The lowest BCUT2D eigenvalue weighted by Gasteiger charge is -2.28. The second-order valence-corrected chi connectivity index (χ2v) is 7.78. The summed E-state index contributed by atoms with van der Waals surface area (Å²) in [5.74, 6) is -1.64. The van der Waals surface area contributed by atoms with Gasteiger partial charge in [0.15, 0.2) is 11.6 Å². The Morgan fingerprint density at radius 1 is 1.10 bits per heavy atom. The van der Waals surface area contributed by atoms with Crippen LogP contribution < -0.4 is 0 Å². The Bertz CT molecular complexity index is 423. The van der Waals surface area contributed by atoms with E-state index >= 15 is 0 Å². The Morgan fingerprint density at radius 3 is 2.25 bits per heavy atom. The van der Waals surface area contributed by atoms with Gasteiger partial charge in [0, 0.05) is 26.4 Å². The molecule has 0 saturated carbocycles. The zero-order valence-corrected chi connectivity index (χ0v) is 13.4. The first-order valence-corrected chi connectivity index (χ1v) is 8.57. The van der Waals surface area contributed by atoms with Crippen molar-refractivity contribution in [2.24, 2.45) is 0 Å². The number of benzene rings is 1. The van der Waals surface area contributed by atoms with E-state index in [9.17, 15) is 8.78 Å². The van der Waals surface area contributed by atoms with Crippen molar-refractivity contribution in [3.05, 3.63) is 35.4 Å². The van der Waals surface area contributed by atoms with E-state index in [4.69, 9.17) is 13.3 Å². The lowest BCUT2D eigenvalue weighted by molar-refractivity contribution is 0.0695. The predicted octanol–water partition coefficient (Wildman–Crippen LogP) is 3.55. The van der Waals surface area contributed by atoms with Crippen LogP contribution >= 0.6 is 0 Å². The van der Waals surface area contributed by atoms with Gasteiger partial charge < -0.3 is 13.3 Å². The highest BCUT2D eigenvalue weighted by atomic mass is 28.4. The molecular weight excluding hydrogens is 282 g/mol. The standard InChI is InChI=1S/C14H22F2O3Si/c1-11(2)19-20(17-3,18-4)9-5-6-12-7-8-13(15)14(16)10-12/h7-8,10-11H,5-6,9H2,1-4H3. The Kier molecular flexibility index (Phi) is 6.74. The normalized spacial score (nSPS) is 12.2. The van der Waals surface area contributed by atoms with Gasteiger partial charge in [-0.05, 0) is 44.4 Å². The van der Waals surface area contributed by atoms with Crippen molar-refractivity contribution in [3.63, 3.8) is 0 Å². The van der Waals surface area contributed by atoms with Crippen LogP contribution in [0.5, 0.6) is 0 Å². The molecule has 0 spiro atoms. The van der Waals surface area contributed by atoms with Crippen LogP contribution in [0.3, 0.4) is 0 Å². The summed E-state index contributed by atoms with van der Waals surface area (Å²) in [6, 6.07) is 4.59. The van der Waals surface area contributed by atoms with Crippen molar-refractivity contribution in [1.82, 2.24) is 0 Å². The van der Waals surface area contributed by atoms with Crippen LogP contribution in [0.2, 0.25) is 6.04 Å². The zero-order chi connectivity index (χ0) is 15.2. The minimum absolute atomic E-state index is 0.0184. The minimum atomic E-state index is -2.65. The monoisotopic (exact) mass is 304 g/mol. The maximum Gasteiger partial charge on any atom is 0.500 e.